The molecular formula is C17H19NOS3. The van der Waals surface area contributed by atoms with Gasteiger partial charge in [-0.2, -0.15) is 0 Å². The van der Waals surface area contributed by atoms with Crippen LogP contribution in [0.25, 0.3) is 11.1 Å². The Bertz CT molecular complexity index is 785. The normalized spacial score (nSPS) is 15.6. The number of benzene rings is 1. The number of hydrogen-bond donors (Lipinski definition) is 0. The van der Waals surface area contributed by atoms with Crippen LogP contribution in [-0.2, 0) is 10.3 Å². The predicted molar refractivity (Wildman–Crippen MR) is 98.4 cm³/mol. The highest BCUT2D eigenvalue weighted by atomic mass is 32.9. The fourth-order valence-electron chi connectivity index (χ4n) is 3.07. The van der Waals surface area contributed by atoms with E-state index in [2.05, 4.69) is 33.8 Å². The molecule has 1 aliphatic rings. The molecule has 0 unspecified atom stereocenters. The van der Waals surface area contributed by atoms with Crippen LogP contribution in [-0.4, -0.2) is 5.91 Å². The van der Waals surface area contributed by atoms with Gasteiger partial charge in [0.25, 0.3) is 0 Å². The van der Waals surface area contributed by atoms with E-state index in [0.29, 0.717) is 12.3 Å². The second-order valence-electron chi connectivity index (χ2n) is 6.56. The van der Waals surface area contributed by atoms with E-state index in [1.165, 1.54) is 4.88 Å². The standard InChI is InChI=1S/C17H19NOS3/c1-10(2)9-13(19)18-12-8-6-5-7-11(12)14-15(17(18,3)4)21-22-16(14)20/h5-8,10H,9H2,1-4H3. The van der Waals surface area contributed by atoms with Crippen LogP contribution < -0.4 is 4.90 Å². The van der Waals surface area contributed by atoms with Crippen molar-refractivity contribution in [3.05, 3.63) is 33.0 Å². The number of para-hydroxylation sites is 1. The maximum atomic E-state index is 12.9. The number of hydrogen-bond acceptors (Lipinski definition) is 4. The lowest BCUT2D eigenvalue weighted by Gasteiger charge is -2.43. The molecule has 0 fully saturated rings. The molecule has 0 radical (unpaired) electrons. The van der Waals surface area contributed by atoms with Gasteiger partial charge in [-0.05, 0) is 25.8 Å². The third-order valence-electron chi connectivity index (χ3n) is 3.99. The summed E-state index contributed by atoms with van der Waals surface area (Å²) >= 11 is 5.55. The smallest absolute Gasteiger partial charge is 0.228 e. The Morgan fingerprint density at radius 3 is 2.64 bits per heavy atom. The van der Waals surface area contributed by atoms with Crippen LogP contribution >= 0.6 is 32.9 Å². The molecule has 0 saturated carbocycles. The third kappa shape index (κ3) is 2.36. The van der Waals surface area contributed by atoms with Crippen molar-refractivity contribution in [3.63, 3.8) is 0 Å². The van der Waals surface area contributed by atoms with Crippen molar-refractivity contribution >= 4 is 44.5 Å². The third-order valence-corrected chi connectivity index (χ3v) is 7.32. The second-order valence-corrected chi connectivity index (χ2v) is 9.38. The zero-order chi connectivity index (χ0) is 16.1. The topological polar surface area (TPSA) is 20.3 Å². The fraction of sp³-hybridized carbons (Fsp3) is 0.412. The SMILES string of the molecule is CC(C)CC(=O)N1c2ccccc2-c2c(ssc2=S)C1(C)C. The molecule has 1 amide bonds. The summed E-state index contributed by atoms with van der Waals surface area (Å²) in [4.78, 5) is 16.1. The predicted octanol–water partition coefficient (Wildman–Crippen LogP) is 5.83. The van der Waals surface area contributed by atoms with E-state index < -0.39 is 0 Å². The van der Waals surface area contributed by atoms with E-state index in [1.807, 2.05) is 23.1 Å². The van der Waals surface area contributed by atoms with Gasteiger partial charge in [-0.15, -0.1) is 0 Å². The molecule has 1 aromatic carbocycles. The Labute approximate surface area is 143 Å². The van der Waals surface area contributed by atoms with E-state index in [4.69, 9.17) is 12.2 Å². The number of anilines is 1. The molecule has 0 spiro atoms. The zero-order valence-electron chi connectivity index (χ0n) is 13.2. The van der Waals surface area contributed by atoms with Gasteiger partial charge in [0.05, 0.1) is 16.1 Å². The molecule has 1 aliphatic heterocycles. The van der Waals surface area contributed by atoms with E-state index in [0.717, 1.165) is 20.6 Å². The summed E-state index contributed by atoms with van der Waals surface area (Å²) < 4.78 is 0.927. The maximum absolute atomic E-state index is 12.9. The minimum absolute atomic E-state index is 0.183. The zero-order valence-corrected chi connectivity index (χ0v) is 15.6. The lowest BCUT2D eigenvalue weighted by atomic mass is 9.87. The van der Waals surface area contributed by atoms with Crippen molar-refractivity contribution in [2.45, 2.75) is 39.7 Å². The average Bonchev–Trinajstić information content (AvgIpc) is 2.81. The van der Waals surface area contributed by atoms with Gasteiger partial charge in [-0.1, -0.05) is 64.9 Å². The van der Waals surface area contributed by atoms with Crippen LogP contribution in [0.3, 0.4) is 0 Å². The summed E-state index contributed by atoms with van der Waals surface area (Å²) in [5, 5.41) is 0. The molecule has 2 nitrogen and oxygen atoms in total. The van der Waals surface area contributed by atoms with Crippen molar-refractivity contribution in [2.24, 2.45) is 5.92 Å². The first-order chi connectivity index (χ1) is 10.3. The highest BCUT2D eigenvalue weighted by Crippen LogP contribution is 2.52. The van der Waals surface area contributed by atoms with E-state index in [9.17, 15) is 4.79 Å². The van der Waals surface area contributed by atoms with Crippen LogP contribution in [0.1, 0.15) is 39.0 Å². The minimum atomic E-state index is -0.353. The molecule has 22 heavy (non-hydrogen) atoms. The van der Waals surface area contributed by atoms with Gasteiger partial charge in [-0.3, -0.25) is 4.79 Å². The van der Waals surface area contributed by atoms with Gasteiger partial charge < -0.3 is 4.90 Å². The Balaban J connectivity index is 2.25. The number of carbonyl (C=O) groups excluding carboxylic acids is 1. The molecule has 3 rings (SSSR count). The minimum Gasteiger partial charge on any atom is -0.301 e. The first-order valence-electron chi connectivity index (χ1n) is 7.40. The molecule has 5 heteroatoms. The average molecular weight is 350 g/mol. The Kier molecular flexibility index (Phi) is 4.00. The number of amides is 1. The van der Waals surface area contributed by atoms with Crippen LogP contribution in [0.2, 0.25) is 0 Å². The Morgan fingerprint density at radius 1 is 1.27 bits per heavy atom. The summed E-state index contributed by atoms with van der Waals surface area (Å²) in [7, 11) is 3.34. The van der Waals surface area contributed by atoms with Crippen molar-refractivity contribution in [1.29, 1.82) is 0 Å². The van der Waals surface area contributed by atoms with Crippen molar-refractivity contribution in [2.75, 3.05) is 4.90 Å². The number of nitrogens with zero attached hydrogens (tertiary/aromatic N) is 1. The van der Waals surface area contributed by atoms with Gasteiger partial charge >= 0.3 is 0 Å². The monoisotopic (exact) mass is 349 g/mol. The lowest BCUT2D eigenvalue weighted by molar-refractivity contribution is -0.120. The van der Waals surface area contributed by atoms with Gasteiger partial charge in [-0.25, -0.2) is 0 Å². The fourth-order valence-corrected chi connectivity index (χ4v) is 6.35. The molecule has 0 saturated heterocycles. The lowest BCUT2D eigenvalue weighted by Crippen LogP contribution is -2.48. The van der Waals surface area contributed by atoms with Crippen LogP contribution in [0.5, 0.6) is 0 Å². The second kappa shape index (κ2) is 5.55. The maximum Gasteiger partial charge on any atom is 0.228 e. The Hall–Kier alpha value is -1.04. The molecule has 116 valence electrons. The van der Waals surface area contributed by atoms with E-state index in [1.54, 1.807) is 20.7 Å². The quantitative estimate of drug-likeness (QED) is 0.502. The van der Waals surface area contributed by atoms with Gasteiger partial charge in [0, 0.05) is 17.5 Å². The molecule has 0 N–H and O–H groups in total. The number of rotatable bonds is 2. The first-order valence-corrected chi connectivity index (χ1v) is 9.96. The molecular weight excluding hydrogens is 330 g/mol. The van der Waals surface area contributed by atoms with Crippen molar-refractivity contribution in [3.8, 4) is 11.1 Å². The van der Waals surface area contributed by atoms with Crippen LogP contribution in [0, 0.1) is 9.74 Å². The summed E-state index contributed by atoms with van der Waals surface area (Å²) in [6.07, 6.45) is 0.558. The molecule has 2 aromatic rings. The molecule has 0 aliphatic carbocycles. The molecule has 0 bridgehead atoms. The highest BCUT2D eigenvalue weighted by Gasteiger charge is 2.42. The summed E-state index contributed by atoms with van der Waals surface area (Å²) in [6.45, 7) is 8.41. The van der Waals surface area contributed by atoms with E-state index >= 15 is 0 Å². The molecule has 0 atom stereocenters. The summed E-state index contributed by atoms with van der Waals surface area (Å²) in [5.74, 6) is 0.528. The van der Waals surface area contributed by atoms with Crippen LogP contribution in [0.4, 0.5) is 5.69 Å². The highest BCUT2D eigenvalue weighted by molar-refractivity contribution is 7.80. The van der Waals surface area contributed by atoms with Crippen LogP contribution in [0.15, 0.2) is 24.3 Å². The summed E-state index contributed by atoms with van der Waals surface area (Å²) in [6, 6.07) is 8.13. The molecule has 1 aromatic heterocycles. The van der Waals surface area contributed by atoms with Gasteiger partial charge in [0.1, 0.15) is 3.82 Å². The number of carbonyl (C=O) groups is 1. The largest absolute Gasteiger partial charge is 0.301 e. The van der Waals surface area contributed by atoms with E-state index in [-0.39, 0.29) is 11.4 Å². The first kappa shape index (κ1) is 15.8. The summed E-state index contributed by atoms with van der Waals surface area (Å²) in [5.41, 5.74) is 2.88. The van der Waals surface area contributed by atoms with Gasteiger partial charge in [0.2, 0.25) is 5.91 Å². The Morgan fingerprint density at radius 2 is 1.95 bits per heavy atom. The van der Waals surface area contributed by atoms with Crippen molar-refractivity contribution in [1.82, 2.24) is 0 Å². The molecule has 2 heterocycles. The van der Waals surface area contributed by atoms with Gasteiger partial charge in [0.15, 0.2) is 0 Å². The van der Waals surface area contributed by atoms with Crippen molar-refractivity contribution < 1.29 is 4.79 Å². The number of fused-ring (bicyclic) bond motifs is 3.